The van der Waals surface area contributed by atoms with E-state index in [0.717, 1.165) is 32.1 Å². The Morgan fingerprint density at radius 1 is 1.16 bits per heavy atom. The van der Waals surface area contributed by atoms with Gasteiger partial charge in [0.25, 0.3) is 0 Å². The minimum Gasteiger partial charge on any atom is -0.481 e. The van der Waals surface area contributed by atoms with Crippen LogP contribution in [0.15, 0.2) is 0 Å². The molecule has 1 aliphatic carbocycles. The van der Waals surface area contributed by atoms with Crippen molar-refractivity contribution in [1.29, 1.82) is 0 Å². The van der Waals surface area contributed by atoms with Gasteiger partial charge >= 0.3 is 5.97 Å². The van der Waals surface area contributed by atoms with Crippen LogP contribution in [0.4, 0.5) is 0 Å². The van der Waals surface area contributed by atoms with E-state index in [1.165, 1.54) is 19.3 Å². The minimum atomic E-state index is -0.712. The maximum atomic E-state index is 11.7. The van der Waals surface area contributed by atoms with Crippen LogP contribution in [0.3, 0.4) is 0 Å². The lowest BCUT2D eigenvalue weighted by atomic mass is 9.96. The third kappa shape index (κ3) is 6.08. The highest BCUT2D eigenvalue weighted by atomic mass is 16.4. The maximum absolute atomic E-state index is 11.7. The van der Waals surface area contributed by atoms with E-state index in [2.05, 4.69) is 12.2 Å². The molecule has 1 fully saturated rings. The van der Waals surface area contributed by atoms with Gasteiger partial charge in [0.05, 0.1) is 5.92 Å². The zero-order valence-electron chi connectivity index (χ0n) is 12.0. The molecule has 0 saturated heterocycles. The lowest BCUT2D eigenvalue weighted by molar-refractivity contribution is -0.143. The van der Waals surface area contributed by atoms with Gasteiger partial charge in [0, 0.05) is 13.0 Å². The summed E-state index contributed by atoms with van der Waals surface area (Å²) in [7, 11) is 0. The number of nitrogens with one attached hydrogen (secondary N) is 1. The SMILES string of the molecule is CCCCCCCC(=O)NCC1CCCC1C(=O)O. The van der Waals surface area contributed by atoms with Crippen molar-refractivity contribution in [1.82, 2.24) is 5.32 Å². The third-order valence-corrected chi connectivity index (χ3v) is 4.05. The van der Waals surface area contributed by atoms with Gasteiger partial charge in [-0.05, 0) is 25.2 Å². The molecule has 19 heavy (non-hydrogen) atoms. The number of carboxylic acid groups (broad SMARTS) is 1. The summed E-state index contributed by atoms with van der Waals surface area (Å²) in [5, 5.41) is 12.0. The van der Waals surface area contributed by atoms with E-state index in [-0.39, 0.29) is 17.7 Å². The topological polar surface area (TPSA) is 66.4 Å². The molecule has 0 radical (unpaired) electrons. The van der Waals surface area contributed by atoms with Crippen molar-refractivity contribution in [2.45, 2.75) is 64.7 Å². The molecular weight excluding hydrogens is 242 g/mol. The molecule has 1 rings (SSSR count). The van der Waals surface area contributed by atoms with Gasteiger partial charge in [-0.15, -0.1) is 0 Å². The monoisotopic (exact) mass is 269 g/mol. The van der Waals surface area contributed by atoms with E-state index in [4.69, 9.17) is 5.11 Å². The normalized spacial score (nSPS) is 22.4. The van der Waals surface area contributed by atoms with E-state index in [9.17, 15) is 9.59 Å². The van der Waals surface area contributed by atoms with Crippen LogP contribution in [0.1, 0.15) is 64.7 Å². The average Bonchev–Trinajstić information content (AvgIpc) is 2.84. The maximum Gasteiger partial charge on any atom is 0.306 e. The second kappa shape index (κ2) is 8.94. The molecule has 4 nitrogen and oxygen atoms in total. The number of carbonyl (C=O) groups is 2. The van der Waals surface area contributed by atoms with Crippen LogP contribution in [0.25, 0.3) is 0 Å². The highest BCUT2D eigenvalue weighted by Crippen LogP contribution is 2.31. The molecular formula is C15H27NO3. The summed E-state index contributed by atoms with van der Waals surface area (Å²) in [5.74, 6) is -0.768. The van der Waals surface area contributed by atoms with Crippen LogP contribution in [-0.4, -0.2) is 23.5 Å². The minimum absolute atomic E-state index is 0.0764. The molecule has 0 aromatic heterocycles. The summed E-state index contributed by atoms with van der Waals surface area (Å²) in [5.41, 5.74) is 0. The van der Waals surface area contributed by atoms with Gasteiger partial charge in [-0.2, -0.15) is 0 Å². The number of rotatable bonds is 9. The summed E-state index contributed by atoms with van der Waals surface area (Å²) in [6.45, 7) is 2.71. The lowest BCUT2D eigenvalue weighted by Gasteiger charge is -2.16. The number of hydrogen-bond acceptors (Lipinski definition) is 2. The van der Waals surface area contributed by atoms with E-state index >= 15 is 0 Å². The van der Waals surface area contributed by atoms with E-state index in [1.54, 1.807) is 0 Å². The Bertz CT molecular complexity index is 291. The van der Waals surface area contributed by atoms with Crippen molar-refractivity contribution >= 4 is 11.9 Å². The summed E-state index contributed by atoms with van der Waals surface area (Å²) in [6, 6.07) is 0. The average molecular weight is 269 g/mol. The Morgan fingerprint density at radius 2 is 1.89 bits per heavy atom. The largest absolute Gasteiger partial charge is 0.481 e. The summed E-state index contributed by atoms with van der Waals surface area (Å²) < 4.78 is 0. The first-order valence-electron chi connectivity index (χ1n) is 7.64. The summed E-state index contributed by atoms with van der Waals surface area (Å²) in [6.07, 6.45) is 8.94. The fourth-order valence-electron chi connectivity index (χ4n) is 2.83. The number of carbonyl (C=O) groups excluding carboxylic acids is 1. The van der Waals surface area contributed by atoms with Crippen molar-refractivity contribution < 1.29 is 14.7 Å². The smallest absolute Gasteiger partial charge is 0.306 e. The molecule has 0 aromatic rings. The Morgan fingerprint density at radius 3 is 2.58 bits per heavy atom. The van der Waals surface area contributed by atoms with Crippen LogP contribution in [0.5, 0.6) is 0 Å². The Hall–Kier alpha value is -1.06. The number of amides is 1. The fraction of sp³-hybridized carbons (Fsp3) is 0.867. The van der Waals surface area contributed by atoms with Crippen molar-refractivity contribution in [3.05, 3.63) is 0 Å². The molecule has 1 saturated carbocycles. The number of hydrogen-bond donors (Lipinski definition) is 2. The Balaban J connectivity index is 2.11. The first kappa shape index (κ1) is 16.0. The van der Waals surface area contributed by atoms with Crippen molar-refractivity contribution in [2.24, 2.45) is 11.8 Å². The van der Waals surface area contributed by atoms with Gasteiger partial charge in [-0.25, -0.2) is 0 Å². The van der Waals surface area contributed by atoms with Crippen LogP contribution in [0, 0.1) is 11.8 Å². The molecule has 110 valence electrons. The van der Waals surface area contributed by atoms with Crippen molar-refractivity contribution in [3.63, 3.8) is 0 Å². The van der Waals surface area contributed by atoms with E-state index in [0.29, 0.717) is 13.0 Å². The third-order valence-electron chi connectivity index (χ3n) is 4.05. The van der Waals surface area contributed by atoms with Gasteiger partial charge in [-0.3, -0.25) is 9.59 Å². The zero-order chi connectivity index (χ0) is 14.1. The molecule has 0 spiro atoms. The predicted octanol–water partition coefficient (Wildman–Crippen LogP) is 2.96. The molecule has 1 amide bonds. The zero-order valence-corrected chi connectivity index (χ0v) is 12.0. The van der Waals surface area contributed by atoms with Gasteiger partial charge in [0.1, 0.15) is 0 Å². The molecule has 4 heteroatoms. The molecule has 0 aliphatic heterocycles. The van der Waals surface area contributed by atoms with Gasteiger partial charge in [-0.1, -0.05) is 39.0 Å². The molecule has 0 heterocycles. The quantitative estimate of drug-likeness (QED) is 0.632. The number of carboxylic acids is 1. The molecule has 2 unspecified atom stereocenters. The molecule has 0 bridgehead atoms. The number of unbranched alkanes of at least 4 members (excludes halogenated alkanes) is 4. The molecule has 2 N–H and O–H groups in total. The van der Waals surface area contributed by atoms with E-state index in [1.807, 2.05) is 0 Å². The van der Waals surface area contributed by atoms with Crippen LogP contribution in [-0.2, 0) is 9.59 Å². The van der Waals surface area contributed by atoms with Gasteiger partial charge in [0.2, 0.25) is 5.91 Å². The lowest BCUT2D eigenvalue weighted by Crippen LogP contribution is -2.32. The summed E-state index contributed by atoms with van der Waals surface area (Å²) in [4.78, 5) is 22.7. The second-order valence-corrected chi connectivity index (χ2v) is 5.60. The van der Waals surface area contributed by atoms with Crippen molar-refractivity contribution in [2.75, 3.05) is 6.54 Å². The first-order chi connectivity index (χ1) is 9.15. The standard InChI is InChI=1S/C15H27NO3/c1-2-3-4-5-6-10-14(17)16-11-12-8-7-9-13(12)15(18)19/h12-13H,2-11H2,1H3,(H,16,17)(H,18,19). The van der Waals surface area contributed by atoms with Gasteiger partial charge < -0.3 is 10.4 Å². The predicted molar refractivity (Wildman–Crippen MR) is 74.9 cm³/mol. The Labute approximate surface area is 116 Å². The van der Waals surface area contributed by atoms with Crippen LogP contribution < -0.4 is 5.32 Å². The molecule has 0 aromatic carbocycles. The Kier molecular flexibility index (Phi) is 7.53. The fourth-order valence-corrected chi connectivity index (χ4v) is 2.83. The van der Waals surface area contributed by atoms with Crippen molar-refractivity contribution in [3.8, 4) is 0 Å². The summed E-state index contributed by atoms with van der Waals surface area (Å²) >= 11 is 0. The van der Waals surface area contributed by atoms with Crippen LogP contribution >= 0.6 is 0 Å². The van der Waals surface area contributed by atoms with Crippen LogP contribution in [0.2, 0.25) is 0 Å². The number of aliphatic carboxylic acids is 1. The second-order valence-electron chi connectivity index (χ2n) is 5.60. The first-order valence-corrected chi connectivity index (χ1v) is 7.64. The van der Waals surface area contributed by atoms with Gasteiger partial charge in [0.15, 0.2) is 0 Å². The highest BCUT2D eigenvalue weighted by Gasteiger charge is 2.32. The highest BCUT2D eigenvalue weighted by molar-refractivity contribution is 5.76. The molecule has 2 atom stereocenters. The van der Waals surface area contributed by atoms with E-state index < -0.39 is 5.97 Å². The molecule has 1 aliphatic rings.